The molecule has 0 atom stereocenters. The van der Waals surface area contributed by atoms with E-state index in [-0.39, 0.29) is 16.7 Å². The van der Waals surface area contributed by atoms with E-state index >= 15 is 0 Å². The van der Waals surface area contributed by atoms with Crippen LogP contribution in [0.5, 0.6) is 0 Å². The average Bonchev–Trinajstić information content (AvgIpc) is 2.68. The minimum atomic E-state index is -3.56. The van der Waals surface area contributed by atoms with Gasteiger partial charge in [-0.25, -0.2) is 13.4 Å². The Kier molecular flexibility index (Phi) is 3.36. The van der Waals surface area contributed by atoms with E-state index in [0.29, 0.717) is 13.0 Å². The van der Waals surface area contributed by atoms with Crippen molar-refractivity contribution < 1.29 is 13.2 Å². The Labute approximate surface area is 98.2 Å². The van der Waals surface area contributed by atoms with E-state index in [1.165, 1.54) is 10.5 Å². The number of nitrogens with zero attached hydrogens (tertiary/aromatic N) is 2. The van der Waals surface area contributed by atoms with E-state index in [0.717, 1.165) is 24.2 Å². The van der Waals surface area contributed by atoms with Gasteiger partial charge in [-0.1, -0.05) is 0 Å². The molecule has 1 aliphatic heterocycles. The predicted octanol–water partition coefficient (Wildman–Crippen LogP) is 0.887. The molecule has 0 radical (unpaired) electrons. The fourth-order valence-electron chi connectivity index (χ4n) is 1.62. The van der Waals surface area contributed by atoms with Gasteiger partial charge in [0, 0.05) is 24.5 Å². The van der Waals surface area contributed by atoms with Crippen LogP contribution in [0.15, 0.2) is 15.9 Å². The van der Waals surface area contributed by atoms with E-state index in [1.807, 2.05) is 0 Å². The van der Waals surface area contributed by atoms with Crippen molar-refractivity contribution in [3.8, 4) is 0 Å². The number of ketones is 1. The lowest BCUT2D eigenvalue weighted by Gasteiger charge is -2.16. The smallest absolute Gasteiger partial charge is 0.270 e. The SMILES string of the molecule is O=C1CCCCN(S(=O)(=O)c2nccs2)C1. The van der Waals surface area contributed by atoms with Gasteiger partial charge in [-0.15, -0.1) is 11.3 Å². The van der Waals surface area contributed by atoms with Gasteiger partial charge in [-0.05, 0) is 12.8 Å². The number of aromatic nitrogens is 1. The fraction of sp³-hybridized carbons (Fsp3) is 0.556. The number of thiazole rings is 1. The second kappa shape index (κ2) is 4.60. The van der Waals surface area contributed by atoms with Gasteiger partial charge >= 0.3 is 0 Å². The van der Waals surface area contributed by atoms with Crippen molar-refractivity contribution in [1.29, 1.82) is 0 Å². The highest BCUT2D eigenvalue weighted by molar-refractivity contribution is 7.91. The van der Waals surface area contributed by atoms with Crippen molar-refractivity contribution in [2.24, 2.45) is 0 Å². The van der Waals surface area contributed by atoms with Crippen LogP contribution >= 0.6 is 11.3 Å². The molecule has 0 amide bonds. The number of hydrogen-bond donors (Lipinski definition) is 0. The minimum Gasteiger partial charge on any atom is -0.298 e. The zero-order valence-corrected chi connectivity index (χ0v) is 10.3. The molecule has 0 aliphatic carbocycles. The molecule has 1 aliphatic rings. The third-order valence-electron chi connectivity index (χ3n) is 2.44. The molecule has 16 heavy (non-hydrogen) atoms. The molecule has 0 unspecified atom stereocenters. The highest BCUT2D eigenvalue weighted by Gasteiger charge is 2.29. The zero-order valence-electron chi connectivity index (χ0n) is 8.63. The Hall–Kier alpha value is -0.790. The van der Waals surface area contributed by atoms with Crippen LogP contribution in [0.3, 0.4) is 0 Å². The summed E-state index contributed by atoms with van der Waals surface area (Å²) in [5.41, 5.74) is 0. The maximum absolute atomic E-state index is 12.1. The summed E-state index contributed by atoms with van der Waals surface area (Å²) in [6.07, 6.45) is 3.43. The van der Waals surface area contributed by atoms with Crippen molar-refractivity contribution in [2.75, 3.05) is 13.1 Å². The van der Waals surface area contributed by atoms with Crippen molar-refractivity contribution in [3.05, 3.63) is 11.6 Å². The zero-order chi connectivity index (χ0) is 11.6. The summed E-state index contributed by atoms with van der Waals surface area (Å²) in [4.78, 5) is 15.2. The van der Waals surface area contributed by atoms with Crippen LogP contribution in [0, 0.1) is 0 Å². The van der Waals surface area contributed by atoms with Crippen LogP contribution in [0.4, 0.5) is 0 Å². The van der Waals surface area contributed by atoms with Crippen LogP contribution in [0.2, 0.25) is 0 Å². The topological polar surface area (TPSA) is 67.3 Å². The fourth-order valence-corrected chi connectivity index (χ4v) is 4.05. The van der Waals surface area contributed by atoms with E-state index in [1.54, 1.807) is 5.38 Å². The third-order valence-corrected chi connectivity index (χ3v) is 5.46. The first-order chi connectivity index (χ1) is 7.60. The molecule has 5 nitrogen and oxygen atoms in total. The molecule has 1 fully saturated rings. The van der Waals surface area contributed by atoms with E-state index in [2.05, 4.69) is 4.98 Å². The third kappa shape index (κ3) is 2.31. The van der Waals surface area contributed by atoms with Crippen LogP contribution in [0.25, 0.3) is 0 Å². The summed E-state index contributed by atoms with van der Waals surface area (Å²) in [6, 6.07) is 0. The molecule has 0 N–H and O–H groups in total. The minimum absolute atomic E-state index is 0.0120. The number of carbonyl (C=O) groups excluding carboxylic acids is 1. The van der Waals surface area contributed by atoms with Gasteiger partial charge in [0.25, 0.3) is 10.0 Å². The predicted molar refractivity (Wildman–Crippen MR) is 59.7 cm³/mol. The molecule has 0 aromatic carbocycles. The molecular formula is C9H12N2O3S2. The lowest BCUT2D eigenvalue weighted by molar-refractivity contribution is -0.118. The molecule has 0 saturated carbocycles. The first-order valence-corrected chi connectivity index (χ1v) is 7.34. The maximum Gasteiger partial charge on any atom is 0.270 e. The van der Waals surface area contributed by atoms with Gasteiger partial charge in [0.2, 0.25) is 4.34 Å². The van der Waals surface area contributed by atoms with E-state index in [4.69, 9.17) is 0 Å². The monoisotopic (exact) mass is 260 g/mol. The summed E-state index contributed by atoms with van der Waals surface area (Å²) in [5.74, 6) is -0.0161. The maximum atomic E-state index is 12.1. The highest BCUT2D eigenvalue weighted by atomic mass is 32.2. The van der Waals surface area contributed by atoms with Crippen LogP contribution < -0.4 is 0 Å². The van der Waals surface area contributed by atoms with Crippen molar-refractivity contribution in [3.63, 3.8) is 0 Å². The number of sulfonamides is 1. The molecule has 7 heteroatoms. The standard InChI is InChI=1S/C9H12N2O3S2/c12-8-3-1-2-5-11(7-8)16(13,14)9-10-4-6-15-9/h4,6H,1-3,5,7H2. The lowest BCUT2D eigenvalue weighted by atomic mass is 10.2. The second-order valence-corrected chi connectivity index (χ2v) is 6.64. The van der Waals surface area contributed by atoms with E-state index in [9.17, 15) is 13.2 Å². The van der Waals surface area contributed by atoms with Crippen LogP contribution in [-0.2, 0) is 14.8 Å². The van der Waals surface area contributed by atoms with E-state index < -0.39 is 10.0 Å². The van der Waals surface area contributed by atoms with Crippen LogP contribution in [0.1, 0.15) is 19.3 Å². The molecule has 1 aromatic rings. The molecule has 2 rings (SSSR count). The normalized spacial score (nSPS) is 19.6. The van der Waals surface area contributed by atoms with Gasteiger partial charge in [-0.3, -0.25) is 4.79 Å². The number of rotatable bonds is 2. The number of carbonyl (C=O) groups is 1. The Morgan fingerprint density at radius 2 is 2.19 bits per heavy atom. The summed E-state index contributed by atoms with van der Waals surface area (Å²) in [5, 5.41) is 1.62. The number of hydrogen-bond acceptors (Lipinski definition) is 5. The summed E-state index contributed by atoms with van der Waals surface area (Å²) in [7, 11) is -3.56. The van der Waals surface area contributed by atoms with Crippen molar-refractivity contribution in [2.45, 2.75) is 23.6 Å². The Morgan fingerprint density at radius 3 is 2.88 bits per heavy atom. The summed E-state index contributed by atoms with van der Waals surface area (Å²) >= 11 is 1.08. The Morgan fingerprint density at radius 1 is 1.38 bits per heavy atom. The molecule has 88 valence electrons. The molecule has 0 bridgehead atoms. The quantitative estimate of drug-likeness (QED) is 0.792. The van der Waals surface area contributed by atoms with Crippen molar-refractivity contribution >= 4 is 27.1 Å². The average molecular weight is 260 g/mol. The number of Topliss-reactive ketones (excluding diaryl/α,β-unsaturated/α-hetero) is 1. The molecule has 1 aromatic heterocycles. The Bertz CT molecular complexity index is 467. The highest BCUT2D eigenvalue weighted by Crippen LogP contribution is 2.20. The Balaban J connectivity index is 2.26. The molecular weight excluding hydrogens is 248 g/mol. The van der Waals surface area contributed by atoms with Gasteiger partial charge < -0.3 is 0 Å². The summed E-state index contributed by atoms with van der Waals surface area (Å²) in [6.45, 7) is 0.398. The summed E-state index contributed by atoms with van der Waals surface area (Å²) < 4.78 is 25.4. The van der Waals surface area contributed by atoms with Crippen molar-refractivity contribution in [1.82, 2.24) is 9.29 Å². The van der Waals surface area contributed by atoms with Crippen LogP contribution in [-0.4, -0.2) is 36.6 Å². The van der Waals surface area contributed by atoms with Gasteiger partial charge in [0.1, 0.15) is 5.78 Å². The first-order valence-electron chi connectivity index (χ1n) is 5.02. The second-order valence-electron chi connectivity index (χ2n) is 3.63. The molecule has 0 spiro atoms. The first kappa shape index (κ1) is 11.7. The molecule has 1 saturated heterocycles. The van der Waals surface area contributed by atoms with Gasteiger partial charge in [0.05, 0.1) is 6.54 Å². The largest absolute Gasteiger partial charge is 0.298 e. The van der Waals surface area contributed by atoms with Gasteiger partial charge in [0.15, 0.2) is 0 Å². The lowest BCUT2D eigenvalue weighted by Crippen LogP contribution is -2.34. The molecule has 2 heterocycles. The van der Waals surface area contributed by atoms with Gasteiger partial charge in [-0.2, -0.15) is 4.31 Å².